The molecule has 184 valence electrons. The van der Waals surface area contributed by atoms with Crippen LogP contribution in [-0.4, -0.2) is 43.0 Å². The minimum absolute atomic E-state index is 0.0137. The third-order valence-corrected chi connectivity index (χ3v) is 6.53. The molecule has 3 aromatic carbocycles. The van der Waals surface area contributed by atoms with Gasteiger partial charge in [0.1, 0.15) is 0 Å². The summed E-state index contributed by atoms with van der Waals surface area (Å²) in [6, 6.07) is 19.3. The summed E-state index contributed by atoms with van der Waals surface area (Å²) in [5.41, 5.74) is 1.64. The number of hydrogen-bond donors (Lipinski definition) is 1. The molecule has 35 heavy (non-hydrogen) atoms. The van der Waals surface area contributed by atoms with E-state index in [-0.39, 0.29) is 23.8 Å². The zero-order valence-electron chi connectivity index (χ0n) is 20.8. The fourth-order valence-corrected chi connectivity index (χ4v) is 4.71. The summed E-state index contributed by atoms with van der Waals surface area (Å²) in [6.07, 6.45) is 1.58. The first-order valence-corrected chi connectivity index (χ1v) is 12.5. The highest BCUT2D eigenvalue weighted by Crippen LogP contribution is 2.31. The minimum Gasteiger partial charge on any atom is -0.490 e. The summed E-state index contributed by atoms with van der Waals surface area (Å²) < 4.78 is 11.4. The third-order valence-electron chi connectivity index (χ3n) is 6.53. The number of nitrogens with zero attached hydrogens (tertiary/aromatic N) is 1. The molecule has 2 amide bonds. The molecular weight excluding hydrogens is 440 g/mol. The predicted molar refractivity (Wildman–Crippen MR) is 138 cm³/mol. The van der Waals surface area contributed by atoms with Gasteiger partial charge in [0.05, 0.1) is 25.2 Å². The Labute approximate surface area is 207 Å². The van der Waals surface area contributed by atoms with Crippen LogP contribution in [0.2, 0.25) is 0 Å². The monoisotopic (exact) mass is 474 g/mol. The Bertz CT molecular complexity index is 1190. The summed E-state index contributed by atoms with van der Waals surface area (Å²) >= 11 is 0. The van der Waals surface area contributed by atoms with E-state index in [1.165, 1.54) is 0 Å². The zero-order chi connectivity index (χ0) is 24.8. The molecule has 0 saturated carbocycles. The van der Waals surface area contributed by atoms with Crippen LogP contribution in [-0.2, 0) is 4.79 Å². The van der Waals surface area contributed by atoms with Crippen molar-refractivity contribution >= 4 is 22.6 Å². The van der Waals surface area contributed by atoms with Crippen molar-refractivity contribution in [2.24, 2.45) is 5.92 Å². The van der Waals surface area contributed by atoms with Crippen LogP contribution in [0.15, 0.2) is 60.7 Å². The summed E-state index contributed by atoms with van der Waals surface area (Å²) in [5.74, 6) is 1.10. The van der Waals surface area contributed by atoms with Gasteiger partial charge in [-0.2, -0.15) is 0 Å². The number of carbonyl (C=O) groups excluding carboxylic acids is 2. The van der Waals surface area contributed by atoms with E-state index < -0.39 is 0 Å². The van der Waals surface area contributed by atoms with E-state index in [1.54, 1.807) is 0 Å². The van der Waals surface area contributed by atoms with Crippen molar-refractivity contribution in [1.29, 1.82) is 0 Å². The molecule has 6 heteroatoms. The second-order valence-electron chi connectivity index (χ2n) is 8.92. The fraction of sp³-hybridized carbons (Fsp3) is 0.379. The maximum Gasteiger partial charge on any atom is 0.254 e. The highest BCUT2D eigenvalue weighted by Gasteiger charge is 2.30. The molecule has 1 heterocycles. The lowest BCUT2D eigenvalue weighted by atomic mass is 9.95. The Morgan fingerprint density at radius 2 is 1.74 bits per heavy atom. The second-order valence-corrected chi connectivity index (χ2v) is 8.92. The number of likely N-dealkylation sites (tertiary alicyclic amines) is 1. The summed E-state index contributed by atoms with van der Waals surface area (Å²) in [6.45, 7) is 8.01. The van der Waals surface area contributed by atoms with Crippen LogP contribution in [0.1, 0.15) is 55.6 Å². The van der Waals surface area contributed by atoms with Gasteiger partial charge in [-0.1, -0.05) is 42.5 Å². The first kappa shape index (κ1) is 24.6. The van der Waals surface area contributed by atoms with E-state index in [4.69, 9.17) is 9.47 Å². The molecule has 3 aromatic rings. The molecule has 0 bridgehead atoms. The maximum absolute atomic E-state index is 13.4. The van der Waals surface area contributed by atoms with Crippen molar-refractivity contribution in [3.8, 4) is 11.5 Å². The molecule has 1 saturated heterocycles. The summed E-state index contributed by atoms with van der Waals surface area (Å²) in [5, 5.41) is 5.13. The molecule has 0 aliphatic carbocycles. The molecule has 4 rings (SSSR count). The highest BCUT2D eigenvalue weighted by molar-refractivity contribution is 6.07. The van der Waals surface area contributed by atoms with Gasteiger partial charge in [0.25, 0.3) is 5.91 Å². The summed E-state index contributed by atoms with van der Waals surface area (Å²) in [7, 11) is 0. The van der Waals surface area contributed by atoms with Gasteiger partial charge < -0.3 is 19.7 Å². The van der Waals surface area contributed by atoms with Crippen LogP contribution in [0.4, 0.5) is 0 Å². The van der Waals surface area contributed by atoms with E-state index in [9.17, 15) is 9.59 Å². The highest BCUT2D eigenvalue weighted by atomic mass is 16.5. The van der Waals surface area contributed by atoms with Gasteiger partial charge in [-0.3, -0.25) is 9.59 Å². The van der Waals surface area contributed by atoms with E-state index in [1.807, 2.05) is 86.3 Å². The first-order chi connectivity index (χ1) is 17.0. The van der Waals surface area contributed by atoms with Crippen molar-refractivity contribution < 1.29 is 19.1 Å². The Morgan fingerprint density at radius 1 is 1.00 bits per heavy atom. The van der Waals surface area contributed by atoms with E-state index in [0.717, 1.165) is 29.2 Å². The smallest absolute Gasteiger partial charge is 0.254 e. The standard InChI is InChI=1S/C29H34N2O4/c1-4-34-26-16-15-22(18-27(26)35-5-2)20(3)30-28(32)23-12-9-17-31(19-23)29(33)25-14-8-11-21-10-6-7-13-24(21)25/h6-8,10-11,13-16,18,20,23H,4-5,9,12,17,19H2,1-3H3,(H,30,32). The number of carbonyl (C=O) groups is 2. The molecule has 6 nitrogen and oxygen atoms in total. The van der Waals surface area contributed by atoms with Crippen molar-refractivity contribution in [1.82, 2.24) is 10.2 Å². The normalized spacial score (nSPS) is 16.5. The lowest BCUT2D eigenvalue weighted by molar-refractivity contribution is -0.127. The average Bonchev–Trinajstić information content (AvgIpc) is 2.89. The topological polar surface area (TPSA) is 67.9 Å². The van der Waals surface area contributed by atoms with Crippen LogP contribution in [0.25, 0.3) is 10.8 Å². The second kappa shape index (κ2) is 11.3. The lowest BCUT2D eigenvalue weighted by Crippen LogP contribution is -2.45. The van der Waals surface area contributed by atoms with Gasteiger partial charge in [-0.25, -0.2) is 0 Å². The maximum atomic E-state index is 13.4. The van der Waals surface area contributed by atoms with Crippen molar-refractivity contribution in [3.05, 3.63) is 71.8 Å². The number of piperidine rings is 1. The number of hydrogen-bond acceptors (Lipinski definition) is 4. The molecule has 1 fully saturated rings. The Hall–Kier alpha value is -3.54. The van der Waals surface area contributed by atoms with E-state index in [0.29, 0.717) is 43.4 Å². The molecule has 2 atom stereocenters. The largest absolute Gasteiger partial charge is 0.490 e. The molecule has 0 radical (unpaired) electrons. The van der Waals surface area contributed by atoms with Crippen molar-refractivity contribution in [2.45, 2.75) is 39.7 Å². The van der Waals surface area contributed by atoms with Crippen LogP contribution in [0.3, 0.4) is 0 Å². The SMILES string of the molecule is CCOc1ccc(C(C)NC(=O)C2CCCN(C(=O)c3cccc4ccccc34)C2)cc1OCC. The van der Waals surface area contributed by atoms with E-state index >= 15 is 0 Å². The Kier molecular flexibility index (Phi) is 7.91. The molecular formula is C29H34N2O4. The molecule has 2 unspecified atom stereocenters. The molecule has 0 spiro atoms. The molecule has 1 aliphatic heterocycles. The quantitative estimate of drug-likeness (QED) is 0.477. The van der Waals surface area contributed by atoms with Gasteiger partial charge >= 0.3 is 0 Å². The van der Waals surface area contributed by atoms with Gasteiger partial charge in [0.2, 0.25) is 5.91 Å². The van der Waals surface area contributed by atoms with Gasteiger partial charge in [0, 0.05) is 18.7 Å². The van der Waals surface area contributed by atoms with Crippen LogP contribution < -0.4 is 14.8 Å². The van der Waals surface area contributed by atoms with Gasteiger partial charge in [-0.15, -0.1) is 0 Å². The zero-order valence-corrected chi connectivity index (χ0v) is 20.8. The minimum atomic E-state index is -0.237. The molecule has 1 N–H and O–H groups in total. The van der Waals surface area contributed by atoms with Crippen molar-refractivity contribution in [2.75, 3.05) is 26.3 Å². The number of ether oxygens (including phenoxy) is 2. The first-order valence-electron chi connectivity index (χ1n) is 12.5. The number of benzene rings is 3. The van der Waals surface area contributed by atoms with Crippen LogP contribution >= 0.6 is 0 Å². The fourth-order valence-electron chi connectivity index (χ4n) is 4.71. The number of amides is 2. The number of fused-ring (bicyclic) bond motifs is 1. The lowest BCUT2D eigenvalue weighted by Gasteiger charge is -2.33. The van der Waals surface area contributed by atoms with Gasteiger partial charge in [0.15, 0.2) is 11.5 Å². The van der Waals surface area contributed by atoms with Crippen molar-refractivity contribution in [3.63, 3.8) is 0 Å². The third kappa shape index (κ3) is 5.59. The predicted octanol–water partition coefficient (Wildman–Crippen LogP) is 5.37. The van der Waals surface area contributed by atoms with Gasteiger partial charge in [-0.05, 0) is 68.1 Å². The van der Waals surface area contributed by atoms with Crippen LogP contribution in [0.5, 0.6) is 11.5 Å². The number of nitrogens with one attached hydrogen (secondary N) is 1. The molecule has 0 aromatic heterocycles. The molecule has 1 aliphatic rings. The Balaban J connectivity index is 1.44. The number of rotatable bonds is 8. The van der Waals surface area contributed by atoms with Crippen LogP contribution in [0, 0.1) is 5.92 Å². The summed E-state index contributed by atoms with van der Waals surface area (Å²) in [4.78, 5) is 28.4. The Morgan fingerprint density at radius 3 is 2.54 bits per heavy atom. The average molecular weight is 475 g/mol. The van der Waals surface area contributed by atoms with E-state index in [2.05, 4.69) is 5.32 Å².